The van der Waals surface area contributed by atoms with Gasteiger partial charge in [0.2, 0.25) is 0 Å². The molecule has 0 heterocycles. The van der Waals surface area contributed by atoms with Gasteiger partial charge in [-0.2, -0.15) is 0 Å². The average molecular weight is 273 g/mol. The van der Waals surface area contributed by atoms with Crippen LogP contribution in [-0.2, 0) is 30.0 Å². The second kappa shape index (κ2) is 16.9. The maximum absolute atomic E-state index is 9.26. The van der Waals surface area contributed by atoms with Gasteiger partial charge in [0.15, 0.2) is 0 Å². The van der Waals surface area contributed by atoms with Gasteiger partial charge < -0.3 is 19.8 Å². The zero-order chi connectivity index (χ0) is 8.57. The van der Waals surface area contributed by atoms with Crippen molar-refractivity contribution in [1.82, 2.24) is 0 Å². The molecular weight excluding hydrogens is 261 g/mol. The number of carbonyl (C=O) groups is 2. The monoisotopic (exact) mass is 272 g/mol. The van der Waals surface area contributed by atoms with Crippen molar-refractivity contribution >= 4 is 11.9 Å². The second-order valence-electron chi connectivity index (χ2n) is 1.45. The summed E-state index contributed by atoms with van der Waals surface area (Å²) in [7, 11) is 0. The van der Waals surface area contributed by atoms with E-state index in [1.165, 1.54) is 13.8 Å². The molecule has 0 saturated carbocycles. The van der Waals surface area contributed by atoms with Crippen molar-refractivity contribution in [1.29, 1.82) is 0 Å². The van der Waals surface area contributed by atoms with Crippen molar-refractivity contribution in [2.24, 2.45) is 0 Å². The van der Waals surface area contributed by atoms with Gasteiger partial charge in [0.25, 0.3) is 0 Å². The third-order valence-electron chi connectivity index (χ3n) is 0.577. The summed E-state index contributed by atoms with van der Waals surface area (Å²) in [5.41, 5.74) is 0. The molecule has 0 unspecified atom stereocenters. The Balaban J connectivity index is -0.0000000457. The first kappa shape index (κ1) is 22.5. The minimum atomic E-state index is -0.995. The predicted octanol–water partition coefficient (Wildman–Crippen LogP) is -1.56. The Bertz CT molecular complexity index is 104. The van der Waals surface area contributed by atoms with Gasteiger partial charge in [-0.25, -0.2) is 0 Å². The first-order valence-corrected chi connectivity index (χ1v) is 2.94. The van der Waals surface area contributed by atoms with Crippen LogP contribution in [-0.4, -0.2) is 11.9 Å². The van der Waals surface area contributed by atoms with E-state index in [0.29, 0.717) is 0 Å². The molecule has 0 aromatic heterocycles. The minimum absolute atomic E-state index is 0. The maximum Gasteiger partial charge on any atom is 2.00 e. The van der Waals surface area contributed by atoms with Crippen LogP contribution in [0.1, 0.15) is 26.7 Å². The van der Waals surface area contributed by atoms with Crippen LogP contribution < -0.4 is 10.2 Å². The molecule has 0 fully saturated rings. The first-order chi connectivity index (χ1) is 4.54. The Morgan fingerprint density at radius 2 is 1.08 bits per heavy atom. The molecule has 0 aliphatic carbocycles. The van der Waals surface area contributed by atoms with Gasteiger partial charge in [0.1, 0.15) is 0 Å². The molecule has 0 saturated heterocycles. The summed E-state index contributed by atoms with van der Waals surface area (Å²) in [6, 6.07) is 0. The van der Waals surface area contributed by atoms with Crippen LogP contribution in [0.3, 0.4) is 0 Å². The number of hydrogen-bond acceptors (Lipinski definition) is 4. The van der Waals surface area contributed by atoms with E-state index in [0.717, 1.165) is 0 Å². The molecule has 76 valence electrons. The van der Waals surface area contributed by atoms with Crippen LogP contribution in [0.4, 0.5) is 4.70 Å². The molecule has 0 radical (unpaired) electrons. The Labute approximate surface area is 84.0 Å². The molecule has 0 bridgehead atoms. The van der Waals surface area contributed by atoms with Gasteiger partial charge in [-0.3, -0.25) is 4.70 Å². The van der Waals surface area contributed by atoms with Gasteiger partial charge in [0.05, 0.1) is 0 Å². The third-order valence-corrected chi connectivity index (χ3v) is 0.577. The quantitative estimate of drug-likeness (QED) is 0.570. The molecule has 0 aliphatic heterocycles. The third kappa shape index (κ3) is 55.6. The van der Waals surface area contributed by atoms with Crippen molar-refractivity contribution in [3.8, 4) is 0 Å². The summed E-state index contributed by atoms with van der Waals surface area (Å²) in [4.78, 5) is 18.5. The number of hydrogen-bond donors (Lipinski definition) is 0. The fraction of sp³-hybridized carbons (Fsp3) is 0.667. The normalized spacial score (nSPS) is 6.17. The van der Waals surface area contributed by atoms with Crippen LogP contribution in [0.2, 0.25) is 0 Å². The van der Waals surface area contributed by atoms with E-state index < -0.39 is 11.9 Å². The molecule has 4 nitrogen and oxygen atoms in total. The standard InChI is InChI=1S/2C3H6O2.FH.Pd/c2*1-2-3(4)5;;/h2*2H2,1H3,(H,4,5);1H;/q;;;+2/p-2. The number of carboxylic acids is 2. The molecule has 0 rings (SSSR count). The van der Waals surface area contributed by atoms with Crippen LogP contribution >= 0.6 is 0 Å². The Morgan fingerprint density at radius 1 is 1.00 bits per heavy atom. The summed E-state index contributed by atoms with van der Waals surface area (Å²) in [6.07, 6.45) is 0.222. The van der Waals surface area contributed by atoms with E-state index in [4.69, 9.17) is 0 Å². The van der Waals surface area contributed by atoms with E-state index in [2.05, 4.69) is 0 Å². The summed E-state index contributed by atoms with van der Waals surface area (Å²) >= 11 is 0. The zero-order valence-corrected chi connectivity index (χ0v) is 8.33. The first-order valence-electron chi connectivity index (χ1n) is 2.94. The number of aliphatic carboxylic acids is 2. The fourth-order valence-corrected chi connectivity index (χ4v) is 0. The van der Waals surface area contributed by atoms with Gasteiger partial charge in [-0.15, -0.1) is 0 Å². The molecule has 0 amide bonds. The molecule has 12 heavy (non-hydrogen) atoms. The molecule has 0 N–H and O–H groups in total. The number of rotatable bonds is 2. The van der Waals surface area contributed by atoms with Crippen LogP contribution in [0.15, 0.2) is 0 Å². The van der Waals surface area contributed by atoms with Crippen molar-refractivity contribution in [3.63, 3.8) is 0 Å². The SMILES string of the molecule is CCC(=O)[O-].CCC(=O)[O-].F.[Pd+2]. The average Bonchev–Trinajstić information content (AvgIpc) is 1.89. The minimum Gasteiger partial charge on any atom is -0.550 e. The smallest absolute Gasteiger partial charge is 0.550 e. The summed E-state index contributed by atoms with van der Waals surface area (Å²) in [5, 5.41) is 18.5. The van der Waals surface area contributed by atoms with E-state index in [9.17, 15) is 19.8 Å². The van der Waals surface area contributed by atoms with Gasteiger partial charge >= 0.3 is 20.4 Å². The largest absolute Gasteiger partial charge is 2.00 e. The van der Waals surface area contributed by atoms with Crippen molar-refractivity contribution in [2.75, 3.05) is 0 Å². The van der Waals surface area contributed by atoms with Crippen molar-refractivity contribution in [3.05, 3.63) is 0 Å². The molecule has 0 atom stereocenters. The molecule has 0 aliphatic rings. The molecule has 0 aromatic rings. The van der Waals surface area contributed by atoms with E-state index >= 15 is 0 Å². The van der Waals surface area contributed by atoms with E-state index in [-0.39, 0.29) is 38.0 Å². The molecular formula is C6H11FO4Pd. The van der Waals surface area contributed by atoms with E-state index in [1.807, 2.05) is 0 Å². The van der Waals surface area contributed by atoms with Crippen molar-refractivity contribution in [2.45, 2.75) is 26.7 Å². The topological polar surface area (TPSA) is 80.3 Å². The molecule has 0 aromatic carbocycles. The van der Waals surface area contributed by atoms with Crippen LogP contribution in [0.25, 0.3) is 0 Å². The summed E-state index contributed by atoms with van der Waals surface area (Å²) in [6.45, 7) is 3.07. The fourth-order valence-electron chi connectivity index (χ4n) is 0. The number of carbonyl (C=O) groups excluding carboxylic acids is 2. The molecule has 6 heteroatoms. The van der Waals surface area contributed by atoms with Gasteiger partial charge in [-0.1, -0.05) is 13.8 Å². The Hall–Kier alpha value is -0.468. The summed E-state index contributed by atoms with van der Waals surface area (Å²) in [5.74, 6) is -1.99. The van der Waals surface area contributed by atoms with Gasteiger partial charge in [0, 0.05) is 11.9 Å². The second-order valence-corrected chi connectivity index (χ2v) is 1.45. The van der Waals surface area contributed by atoms with Crippen molar-refractivity contribution < 1.29 is 44.9 Å². The van der Waals surface area contributed by atoms with Crippen LogP contribution in [0.5, 0.6) is 0 Å². The number of carboxylic acid groups (broad SMARTS) is 2. The Morgan fingerprint density at radius 3 is 1.08 bits per heavy atom. The van der Waals surface area contributed by atoms with Crippen LogP contribution in [0, 0.1) is 0 Å². The van der Waals surface area contributed by atoms with Gasteiger partial charge in [-0.05, 0) is 12.8 Å². The summed E-state index contributed by atoms with van der Waals surface area (Å²) < 4.78 is 0. The van der Waals surface area contributed by atoms with E-state index in [1.54, 1.807) is 0 Å². The zero-order valence-electron chi connectivity index (χ0n) is 6.77. The maximum atomic E-state index is 9.26. The Kier molecular flexibility index (Phi) is 31.7. The molecule has 0 spiro atoms. The predicted molar refractivity (Wildman–Crippen MR) is 33.1 cm³/mol. The number of halogens is 1.